The molecular formula is C22H26N2O4. The van der Waals surface area contributed by atoms with E-state index in [1.54, 1.807) is 37.3 Å². The van der Waals surface area contributed by atoms with Crippen molar-refractivity contribution < 1.29 is 19.1 Å². The van der Waals surface area contributed by atoms with Crippen LogP contribution in [0.2, 0.25) is 0 Å². The number of benzene rings is 2. The Hall–Kier alpha value is -3.02. The van der Waals surface area contributed by atoms with Gasteiger partial charge in [0.2, 0.25) is 5.91 Å². The third-order valence-corrected chi connectivity index (χ3v) is 5.00. The van der Waals surface area contributed by atoms with E-state index in [1.165, 1.54) is 0 Å². The van der Waals surface area contributed by atoms with Crippen LogP contribution in [-0.4, -0.2) is 44.0 Å². The second-order valence-electron chi connectivity index (χ2n) is 7.02. The van der Waals surface area contributed by atoms with E-state index >= 15 is 0 Å². The maximum absolute atomic E-state index is 12.8. The highest BCUT2D eigenvalue weighted by Crippen LogP contribution is 2.30. The molecular weight excluding hydrogens is 356 g/mol. The Labute approximate surface area is 165 Å². The molecule has 0 saturated carbocycles. The molecule has 2 aromatic rings. The number of rotatable bonds is 5. The quantitative estimate of drug-likeness (QED) is 0.859. The van der Waals surface area contributed by atoms with Crippen LogP contribution in [-0.2, 0) is 4.79 Å². The summed E-state index contributed by atoms with van der Waals surface area (Å²) in [5.74, 6) is 0.810. The van der Waals surface area contributed by atoms with Crippen LogP contribution in [0.25, 0.3) is 0 Å². The Morgan fingerprint density at radius 3 is 2.57 bits per heavy atom. The average Bonchev–Trinajstić information content (AvgIpc) is 2.73. The van der Waals surface area contributed by atoms with Crippen molar-refractivity contribution in [1.82, 2.24) is 4.90 Å². The smallest absolute Gasteiger partial charge is 0.253 e. The van der Waals surface area contributed by atoms with Gasteiger partial charge in [0.25, 0.3) is 5.91 Å². The topological polar surface area (TPSA) is 67.9 Å². The third-order valence-electron chi connectivity index (χ3n) is 5.00. The summed E-state index contributed by atoms with van der Waals surface area (Å²) >= 11 is 0. The van der Waals surface area contributed by atoms with Gasteiger partial charge in [0.05, 0.1) is 20.1 Å². The average molecular weight is 382 g/mol. The van der Waals surface area contributed by atoms with Crippen LogP contribution in [0, 0.1) is 12.8 Å². The van der Waals surface area contributed by atoms with Crippen molar-refractivity contribution in [2.45, 2.75) is 19.8 Å². The number of nitrogens with one attached hydrogen (secondary N) is 1. The number of piperidine rings is 1. The third kappa shape index (κ3) is 4.44. The van der Waals surface area contributed by atoms with E-state index in [2.05, 4.69) is 5.32 Å². The highest BCUT2D eigenvalue weighted by Gasteiger charge is 2.29. The summed E-state index contributed by atoms with van der Waals surface area (Å²) in [5.41, 5.74) is 2.36. The van der Waals surface area contributed by atoms with Crippen molar-refractivity contribution in [3.05, 3.63) is 53.6 Å². The molecule has 6 nitrogen and oxygen atoms in total. The van der Waals surface area contributed by atoms with Gasteiger partial charge in [-0.15, -0.1) is 0 Å². The van der Waals surface area contributed by atoms with Gasteiger partial charge in [-0.1, -0.05) is 17.7 Å². The van der Waals surface area contributed by atoms with Crippen molar-refractivity contribution in [1.29, 1.82) is 0 Å². The van der Waals surface area contributed by atoms with E-state index in [0.29, 0.717) is 35.8 Å². The van der Waals surface area contributed by atoms with Gasteiger partial charge in [-0.2, -0.15) is 0 Å². The van der Waals surface area contributed by atoms with Crippen molar-refractivity contribution >= 4 is 17.5 Å². The molecule has 0 bridgehead atoms. The summed E-state index contributed by atoms with van der Waals surface area (Å²) in [6, 6.07) is 12.8. The van der Waals surface area contributed by atoms with Gasteiger partial charge in [-0.05, 0) is 44.0 Å². The summed E-state index contributed by atoms with van der Waals surface area (Å²) in [6.45, 7) is 3.06. The van der Waals surface area contributed by atoms with Crippen LogP contribution in [0.3, 0.4) is 0 Å². The highest BCUT2D eigenvalue weighted by atomic mass is 16.5. The van der Waals surface area contributed by atoms with Crippen LogP contribution in [0.4, 0.5) is 5.69 Å². The Kier molecular flexibility index (Phi) is 6.19. The van der Waals surface area contributed by atoms with Gasteiger partial charge in [-0.25, -0.2) is 0 Å². The lowest BCUT2D eigenvalue weighted by Gasteiger charge is -2.32. The molecule has 0 aromatic heterocycles. The van der Waals surface area contributed by atoms with Gasteiger partial charge in [0.15, 0.2) is 11.5 Å². The molecule has 0 radical (unpaired) electrons. The maximum atomic E-state index is 12.8. The predicted octanol–water partition coefficient (Wildman–Crippen LogP) is 3.50. The van der Waals surface area contributed by atoms with E-state index in [9.17, 15) is 9.59 Å². The molecule has 1 aliphatic rings. The maximum Gasteiger partial charge on any atom is 0.253 e. The standard InChI is InChI=1S/C22H26N2O4/c1-15-6-4-7-16(12-15)22(26)24-11-5-8-17(14-24)21(25)23-18-9-10-19(27-2)20(13-18)28-3/h4,6-7,9-10,12-13,17H,5,8,11,14H2,1-3H3,(H,23,25). The van der Waals surface area contributed by atoms with E-state index in [1.807, 2.05) is 31.2 Å². The number of aryl methyl sites for hydroxylation is 1. The molecule has 0 aliphatic carbocycles. The normalized spacial score (nSPS) is 16.4. The molecule has 3 rings (SSSR count). The number of hydrogen-bond acceptors (Lipinski definition) is 4. The molecule has 0 spiro atoms. The molecule has 1 unspecified atom stereocenters. The molecule has 1 saturated heterocycles. The van der Waals surface area contributed by atoms with E-state index < -0.39 is 0 Å². The first-order valence-corrected chi connectivity index (χ1v) is 9.40. The Morgan fingerprint density at radius 2 is 1.86 bits per heavy atom. The largest absolute Gasteiger partial charge is 0.493 e. The number of methoxy groups -OCH3 is 2. The number of hydrogen-bond donors (Lipinski definition) is 1. The fourth-order valence-electron chi connectivity index (χ4n) is 3.49. The van der Waals surface area contributed by atoms with Crippen molar-refractivity contribution in [3.63, 3.8) is 0 Å². The Balaban J connectivity index is 1.67. The first-order chi connectivity index (χ1) is 13.5. The number of anilines is 1. The SMILES string of the molecule is COc1ccc(NC(=O)C2CCCN(C(=O)c3cccc(C)c3)C2)cc1OC. The number of nitrogens with zero attached hydrogens (tertiary/aromatic N) is 1. The number of carbonyl (C=O) groups is 2. The second kappa shape index (κ2) is 8.78. The lowest BCUT2D eigenvalue weighted by atomic mass is 9.96. The minimum absolute atomic E-state index is 0.0210. The van der Waals surface area contributed by atoms with Gasteiger partial charge in [0.1, 0.15) is 0 Å². The van der Waals surface area contributed by atoms with E-state index in [-0.39, 0.29) is 17.7 Å². The van der Waals surface area contributed by atoms with Gasteiger partial charge in [0, 0.05) is 30.4 Å². The van der Waals surface area contributed by atoms with Gasteiger partial charge >= 0.3 is 0 Å². The van der Waals surface area contributed by atoms with Gasteiger partial charge < -0.3 is 19.7 Å². The summed E-state index contributed by atoms with van der Waals surface area (Å²) < 4.78 is 10.5. The van der Waals surface area contributed by atoms with Crippen LogP contribution in [0.5, 0.6) is 11.5 Å². The zero-order chi connectivity index (χ0) is 20.1. The number of amides is 2. The van der Waals surface area contributed by atoms with Crippen LogP contribution < -0.4 is 14.8 Å². The molecule has 1 atom stereocenters. The molecule has 1 N–H and O–H groups in total. The van der Waals surface area contributed by atoms with Gasteiger partial charge in [-0.3, -0.25) is 9.59 Å². The molecule has 1 fully saturated rings. The number of ether oxygens (including phenoxy) is 2. The molecule has 148 valence electrons. The monoisotopic (exact) mass is 382 g/mol. The first-order valence-electron chi connectivity index (χ1n) is 9.40. The molecule has 6 heteroatoms. The second-order valence-corrected chi connectivity index (χ2v) is 7.02. The molecule has 2 amide bonds. The molecule has 1 heterocycles. The van der Waals surface area contributed by atoms with E-state index in [4.69, 9.17) is 9.47 Å². The molecule has 1 aliphatic heterocycles. The lowest BCUT2D eigenvalue weighted by Crippen LogP contribution is -2.43. The van der Waals surface area contributed by atoms with Crippen molar-refractivity contribution in [3.8, 4) is 11.5 Å². The zero-order valence-electron chi connectivity index (χ0n) is 16.5. The summed E-state index contributed by atoms with van der Waals surface area (Å²) in [7, 11) is 3.12. The number of likely N-dealkylation sites (tertiary alicyclic amines) is 1. The van der Waals surface area contributed by atoms with Crippen LogP contribution in [0.15, 0.2) is 42.5 Å². The lowest BCUT2D eigenvalue weighted by molar-refractivity contribution is -0.121. The van der Waals surface area contributed by atoms with Crippen molar-refractivity contribution in [2.24, 2.45) is 5.92 Å². The fourth-order valence-corrected chi connectivity index (χ4v) is 3.49. The summed E-state index contributed by atoms with van der Waals surface area (Å²) in [4.78, 5) is 27.3. The minimum atomic E-state index is -0.240. The first kappa shape index (κ1) is 19.7. The van der Waals surface area contributed by atoms with E-state index in [0.717, 1.165) is 18.4 Å². The number of carbonyl (C=O) groups excluding carboxylic acids is 2. The molecule has 28 heavy (non-hydrogen) atoms. The fraction of sp³-hybridized carbons (Fsp3) is 0.364. The summed E-state index contributed by atoms with van der Waals surface area (Å²) in [6.07, 6.45) is 1.57. The Morgan fingerprint density at radius 1 is 1.07 bits per heavy atom. The predicted molar refractivity (Wildman–Crippen MR) is 108 cm³/mol. The highest BCUT2D eigenvalue weighted by molar-refractivity contribution is 5.96. The minimum Gasteiger partial charge on any atom is -0.493 e. The molecule has 2 aromatic carbocycles. The van der Waals surface area contributed by atoms with Crippen LogP contribution in [0.1, 0.15) is 28.8 Å². The van der Waals surface area contributed by atoms with Crippen LogP contribution >= 0.6 is 0 Å². The Bertz CT molecular complexity index is 865. The van der Waals surface area contributed by atoms with Crippen molar-refractivity contribution in [2.75, 3.05) is 32.6 Å². The summed E-state index contributed by atoms with van der Waals surface area (Å²) in [5, 5.41) is 2.93. The zero-order valence-corrected chi connectivity index (χ0v) is 16.5.